The minimum Gasteiger partial charge on any atom is -0.481 e. The van der Waals surface area contributed by atoms with Gasteiger partial charge >= 0.3 is 5.97 Å². The third kappa shape index (κ3) is 2.71. The normalized spacial score (nSPS) is 24.0. The molecular weight excluding hydrogens is 330 g/mol. The van der Waals surface area contributed by atoms with Gasteiger partial charge in [-0.05, 0) is 26.7 Å². The van der Waals surface area contributed by atoms with Crippen LogP contribution in [0.4, 0.5) is 0 Å². The van der Waals surface area contributed by atoms with Gasteiger partial charge in [-0.25, -0.2) is 4.98 Å². The molecule has 2 N–H and O–H groups in total. The summed E-state index contributed by atoms with van der Waals surface area (Å²) >= 11 is 1.33. The molecule has 0 radical (unpaired) electrons. The summed E-state index contributed by atoms with van der Waals surface area (Å²) in [5, 5.41) is 14.0. The van der Waals surface area contributed by atoms with Gasteiger partial charge in [0.1, 0.15) is 5.56 Å². The second kappa shape index (κ2) is 6.01. The third-order valence-corrected chi connectivity index (χ3v) is 5.72. The van der Waals surface area contributed by atoms with Gasteiger partial charge in [-0.3, -0.25) is 18.8 Å². The molecule has 24 heavy (non-hydrogen) atoms. The van der Waals surface area contributed by atoms with Crippen LogP contribution in [0.25, 0.3) is 4.96 Å². The second-order valence-electron chi connectivity index (χ2n) is 6.48. The predicted octanol–water partition coefficient (Wildman–Crippen LogP) is 1.83. The van der Waals surface area contributed by atoms with E-state index in [0.29, 0.717) is 17.8 Å². The van der Waals surface area contributed by atoms with E-state index in [1.807, 2.05) is 0 Å². The molecule has 0 spiro atoms. The van der Waals surface area contributed by atoms with E-state index in [9.17, 15) is 19.5 Å². The lowest BCUT2D eigenvalue weighted by molar-refractivity contribution is -0.145. The average molecular weight is 349 g/mol. The van der Waals surface area contributed by atoms with E-state index in [2.05, 4.69) is 10.3 Å². The molecular formula is C16H19N3O4S. The minimum absolute atomic E-state index is 0.0649. The molecule has 1 aliphatic carbocycles. The van der Waals surface area contributed by atoms with Crippen LogP contribution in [-0.2, 0) is 4.79 Å². The standard InChI is InChI=1S/C16H19N3O4S/c1-9-8-24-15-17-7-10(13(21)19(9)15)12(20)18-16(2)6-4-3-5-11(16)14(22)23/h7-8,11H,3-6H2,1-2H3,(H,18,20)(H,22,23). The van der Waals surface area contributed by atoms with Crippen LogP contribution in [-0.4, -0.2) is 31.9 Å². The summed E-state index contributed by atoms with van der Waals surface area (Å²) in [6.07, 6.45) is 4.04. The van der Waals surface area contributed by atoms with Crippen LogP contribution in [0.3, 0.4) is 0 Å². The largest absolute Gasteiger partial charge is 0.481 e. The number of aromatic nitrogens is 2. The summed E-state index contributed by atoms with van der Waals surface area (Å²) in [5.74, 6) is -2.14. The number of hydrogen-bond donors (Lipinski definition) is 2. The van der Waals surface area contributed by atoms with Crippen LogP contribution in [0, 0.1) is 12.8 Å². The van der Waals surface area contributed by atoms with Crippen LogP contribution >= 0.6 is 11.3 Å². The molecule has 0 aromatic carbocycles. The Morgan fingerprint density at radius 1 is 1.46 bits per heavy atom. The van der Waals surface area contributed by atoms with Gasteiger partial charge < -0.3 is 10.4 Å². The zero-order valence-corrected chi connectivity index (χ0v) is 14.4. The molecule has 1 fully saturated rings. The van der Waals surface area contributed by atoms with Crippen molar-refractivity contribution in [2.75, 3.05) is 0 Å². The Kier molecular flexibility index (Phi) is 4.16. The highest BCUT2D eigenvalue weighted by Crippen LogP contribution is 2.34. The molecule has 2 aromatic rings. The Bertz CT molecular complexity index is 872. The van der Waals surface area contributed by atoms with Gasteiger partial charge in [0.05, 0.1) is 11.5 Å². The van der Waals surface area contributed by atoms with Gasteiger partial charge in [-0.2, -0.15) is 0 Å². The first-order chi connectivity index (χ1) is 11.3. The number of hydrogen-bond acceptors (Lipinski definition) is 5. The fourth-order valence-corrected chi connectivity index (χ4v) is 4.21. The summed E-state index contributed by atoms with van der Waals surface area (Å²) in [6.45, 7) is 3.51. The first-order valence-corrected chi connectivity index (χ1v) is 8.72. The van der Waals surface area contributed by atoms with Gasteiger partial charge in [0.15, 0.2) is 4.96 Å². The Morgan fingerprint density at radius 2 is 2.21 bits per heavy atom. The molecule has 0 bridgehead atoms. The fraction of sp³-hybridized carbons (Fsp3) is 0.500. The second-order valence-corrected chi connectivity index (χ2v) is 7.32. The number of carboxylic acid groups (broad SMARTS) is 1. The van der Waals surface area contributed by atoms with Crippen LogP contribution in [0.5, 0.6) is 0 Å². The van der Waals surface area contributed by atoms with Crippen molar-refractivity contribution in [2.24, 2.45) is 5.92 Å². The highest BCUT2D eigenvalue weighted by atomic mass is 32.1. The topological polar surface area (TPSA) is 101 Å². The summed E-state index contributed by atoms with van der Waals surface area (Å²) in [4.78, 5) is 41.4. The molecule has 128 valence electrons. The maximum atomic E-state index is 12.6. The zero-order chi connectivity index (χ0) is 17.5. The molecule has 2 unspecified atom stereocenters. The molecule has 3 rings (SSSR count). The number of rotatable bonds is 3. The van der Waals surface area contributed by atoms with Crippen molar-refractivity contribution >= 4 is 28.2 Å². The van der Waals surface area contributed by atoms with Gasteiger partial charge in [-0.15, -0.1) is 11.3 Å². The lowest BCUT2D eigenvalue weighted by atomic mass is 9.74. The molecule has 7 nitrogen and oxygen atoms in total. The Morgan fingerprint density at radius 3 is 2.92 bits per heavy atom. The van der Waals surface area contributed by atoms with Gasteiger partial charge in [-0.1, -0.05) is 12.8 Å². The van der Waals surface area contributed by atoms with E-state index < -0.39 is 28.9 Å². The molecule has 2 aromatic heterocycles. The third-order valence-electron chi connectivity index (χ3n) is 4.77. The number of nitrogens with one attached hydrogen (secondary N) is 1. The number of fused-ring (bicyclic) bond motifs is 1. The van der Waals surface area contributed by atoms with Crippen molar-refractivity contribution in [3.05, 3.63) is 33.2 Å². The van der Waals surface area contributed by atoms with Gasteiger partial charge in [0.25, 0.3) is 11.5 Å². The van der Waals surface area contributed by atoms with Crippen molar-refractivity contribution in [3.8, 4) is 0 Å². The molecule has 1 saturated carbocycles. The average Bonchev–Trinajstić information content (AvgIpc) is 2.89. The lowest BCUT2D eigenvalue weighted by Crippen LogP contribution is -2.56. The fourth-order valence-electron chi connectivity index (χ4n) is 3.39. The first kappa shape index (κ1) is 16.6. The maximum Gasteiger partial charge on any atom is 0.308 e. The minimum atomic E-state index is -0.920. The van der Waals surface area contributed by atoms with Crippen LogP contribution in [0.2, 0.25) is 0 Å². The highest BCUT2D eigenvalue weighted by molar-refractivity contribution is 7.15. The molecule has 1 aliphatic rings. The van der Waals surface area contributed by atoms with E-state index in [4.69, 9.17) is 0 Å². The summed E-state index contributed by atoms with van der Waals surface area (Å²) in [7, 11) is 0. The van der Waals surface area contributed by atoms with Gasteiger partial charge in [0, 0.05) is 17.3 Å². The first-order valence-electron chi connectivity index (χ1n) is 7.84. The molecule has 2 atom stereocenters. The molecule has 1 amide bonds. The summed E-state index contributed by atoms with van der Waals surface area (Å²) < 4.78 is 1.40. The van der Waals surface area contributed by atoms with Crippen molar-refractivity contribution in [3.63, 3.8) is 0 Å². The zero-order valence-electron chi connectivity index (χ0n) is 13.5. The summed E-state index contributed by atoms with van der Waals surface area (Å²) in [5.41, 5.74) is -0.640. The summed E-state index contributed by atoms with van der Waals surface area (Å²) in [6, 6.07) is 0. The van der Waals surface area contributed by atoms with Crippen molar-refractivity contribution < 1.29 is 14.7 Å². The quantitative estimate of drug-likeness (QED) is 0.880. The number of thiazole rings is 1. The van der Waals surface area contributed by atoms with E-state index >= 15 is 0 Å². The lowest BCUT2D eigenvalue weighted by Gasteiger charge is -2.39. The molecule has 2 heterocycles. The van der Waals surface area contributed by atoms with E-state index in [0.717, 1.165) is 18.5 Å². The van der Waals surface area contributed by atoms with E-state index in [1.165, 1.54) is 21.9 Å². The maximum absolute atomic E-state index is 12.6. The number of aryl methyl sites for hydroxylation is 1. The Hall–Kier alpha value is -2.22. The predicted molar refractivity (Wildman–Crippen MR) is 89.5 cm³/mol. The van der Waals surface area contributed by atoms with Crippen LogP contribution in [0.1, 0.15) is 48.7 Å². The Balaban J connectivity index is 1.95. The smallest absolute Gasteiger partial charge is 0.308 e. The molecule has 0 aliphatic heterocycles. The SMILES string of the molecule is Cc1csc2ncc(C(=O)NC3(C)CCCCC3C(=O)O)c(=O)n12. The van der Waals surface area contributed by atoms with Crippen molar-refractivity contribution in [2.45, 2.75) is 45.1 Å². The van der Waals surface area contributed by atoms with Crippen LogP contribution < -0.4 is 10.9 Å². The van der Waals surface area contributed by atoms with E-state index in [1.54, 1.807) is 19.2 Å². The van der Waals surface area contributed by atoms with Crippen molar-refractivity contribution in [1.82, 2.24) is 14.7 Å². The number of aliphatic carboxylic acids is 1. The molecule has 0 saturated heterocycles. The number of carbonyl (C=O) groups excluding carboxylic acids is 1. The van der Waals surface area contributed by atoms with E-state index in [-0.39, 0.29) is 5.56 Å². The van der Waals surface area contributed by atoms with Crippen LogP contribution in [0.15, 0.2) is 16.4 Å². The number of amides is 1. The number of nitrogens with zero attached hydrogens (tertiary/aromatic N) is 2. The van der Waals surface area contributed by atoms with Crippen molar-refractivity contribution in [1.29, 1.82) is 0 Å². The number of carboxylic acids is 1. The monoisotopic (exact) mass is 349 g/mol. The highest BCUT2D eigenvalue weighted by Gasteiger charge is 2.42. The van der Waals surface area contributed by atoms with Gasteiger partial charge in [0.2, 0.25) is 0 Å². The Labute approximate surface area is 142 Å². The molecule has 8 heteroatoms. The number of carbonyl (C=O) groups is 2.